The predicted molar refractivity (Wildman–Crippen MR) is 103 cm³/mol. The fourth-order valence-electron chi connectivity index (χ4n) is 4.49. The summed E-state index contributed by atoms with van der Waals surface area (Å²) in [6.07, 6.45) is 13.5. The molecule has 0 N–H and O–H groups in total. The largest absolute Gasteiger partial charge is 0.348 e. The molecule has 1 saturated carbocycles. The molecular formula is C23H35FO2. The van der Waals surface area contributed by atoms with Crippen LogP contribution in [0.3, 0.4) is 0 Å². The summed E-state index contributed by atoms with van der Waals surface area (Å²) in [6.45, 7) is 3.81. The number of ether oxygens (including phenoxy) is 2. The Balaban J connectivity index is 1.30. The topological polar surface area (TPSA) is 18.5 Å². The van der Waals surface area contributed by atoms with Gasteiger partial charge in [0.25, 0.3) is 0 Å². The third-order valence-electron chi connectivity index (χ3n) is 6.27. The number of hydrogen-bond acceptors (Lipinski definition) is 2. The molecule has 1 heterocycles. The van der Waals surface area contributed by atoms with Gasteiger partial charge in [0, 0.05) is 11.5 Å². The molecule has 0 spiro atoms. The molecule has 0 amide bonds. The second-order valence-corrected chi connectivity index (χ2v) is 8.38. The van der Waals surface area contributed by atoms with Gasteiger partial charge in [-0.1, -0.05) is 76.8 Å². The van der Waals surface area contributed by atoms with E-state index in [1.165, 1.54) is 76.3 Å². The Morgan fingerprint density at radius 3 is 2.00 bits per heavy atom. The van der Waals surface area contributed by atoms with Crippen LogP contribution in [0, 0.1) is 23.6 Å². The van der Waals surface area contributed by atoms with E-state index in [2.05, 4.69) is 6.92 Å². The van der Waals surface area contributed by atoms with E-state index in [0.29, 0.717) is 5.92 Å². The first-order valence-electron chi connectivity index (χ1n) is 10.7. The molecule has 0 bridgehead atoms. The monoisotopic (exact) mass is 362 g/mol. The normalized spacial score (nSPS) is 29.6. The van der Waals surface area contributed by atoms with Gasteiger partial charge in [-0.05, 0) is 30.4 Å². The zero-order chi connectivity index (χ0) is 18.2. The zero-order valence-electron chi connectivity index (χ0n) is 16.3. The van der Waals surface area contributed by atoms with Crippen molar-refractivity contribution < 1.29 is 13.9 Å². The predicted octanol–water partition coefficient (Wildman–Crippen LogP) is 6.65. The Bertz CT molecular complexity index is 499. The van der Waals surface area contributed by atoms with Crippen molar-refractivity contribution in [3.8, 4) is 0 Å². The first kappa shape index (κ1) is 19.8. The minimum atomic E-state index is -0.328. The zero-order valence-corrected chi connectivity index (χ0v) is 16.3. The highest BCUT2D eigenvalue weighted by Crippen LogP contribution is 2.36. The van der Waals surface area contributed by atoms with Crippen LogP contribution in [0.4, 0.5) is 4.39 Å². The van der Waals surface area contributed by atoms with Crippen molar-refractivity contribution in [2.24, 2.45) is 17.8 Å². The van der Waals surface area contributed by atoms with E-state index >= 15 is 0 Å². The van der Waals surface area contributed by atoms with Crippen molar-refractivity contribution in [3.63, 3.8) is 0 Å². The standard InChI is InChI=1S/C23H35FO2/c1-2-3-4-5-18-6-8-19(9-7-18)10-11-20-16-25-23(26-17-20)21-12-14-22(24)15-13-21/h12-15,18-20,23H,2-11,16-17H2,1H3. The van der Waals surface area contributed by atoms with Crippen LogP contribution in [0.5, 0.6) is 0 Å². The minimum absolute atomic E-state index is 0.220. The van der Waals surface area contributed by atoms with Crippen molar-refractivity contribution in [3.05, 3.63) is 35.6 Å². The maximum absolute atomic E-state index is 13.0. The molecule has 1 aliphatic carbocycles. The van der Waals surface area contributed by atoms with Gasteiger partial charge in [0.2, 0.25) is 0 Å². The van der Waals surface area contributed by atoms with E-state index in [9.17, 15) is 4.39 Å². The molecule has 0 unspecified atom stereocenters. The Morgan fingerprint density at radius 2 is 1.38 bits per heavy atom. The van der Waals surface area contributed by atoms with Crippen LogP contribution in [0.15, 0.2) is 24.3 Å². The highest BCUT2D eigenvalue weighted by Gasteiger charge is 2.26. The number of halogens is 1. The van der Waals surface area contributed by atoms with Gasteiger partial charge in [-0.25, -0.2) is 4.39 Å². The fraction of sp³-hybridized carbons (Fsp3) is 0.739. The molecule has 1 aliphatic heterocycles. The van der Waals surface area contributed by atoms with Gasteiger partial charge in [0.1, 0.15) is 5.82 Å². The molecule has 2 nitrogen and oxygen atoms in total. The SMILES string of the molecule is CCCCCC1CCC(CCC2COC(c3ccc(F)cc3)OC2)CC1. The molecule has 1 aromatic rings. The Morgan fingerprint density at radius 1 is 0.808 bits per heavy atom. The molecule has 3 heteroatoms. The van der Waals surface area contributed by atoms with Crippen molar-refractivity contribution in [1.29, 1.82) is 0 Å². The lowest BCUT2D eigenvalue weighted by Gasteiger charge is -2.32. The highest BCUT2D eigenvalue weighted by atomic mass is 19.1. The van der Waals surface area contributed by atoms with Gasteiger partial charge < -0.3 is 9.47 Å². The van der Waals surface area contributed by atoms with E-state index in [1.807, 2.05) is 0 Å². The summed E-state index contributed by atoms with van der Waals surface area (Å²) in [6, 6.07) is 6.43. The average molecular weight is 363 g/mol. The van der Waals surface area contributed by atoms with Crippen LogP contribution < -0.4 is 0 Å². The molecule has 0 radical (unpaired) electrons. The Labute approximate surface area is 158 Å². The van der Waals surface area contributed by atoms with Crippen LogP contribution in [-0.2, 0) is 9.47 Å². The van der Waals surface area contributed by atoms with Gasteiger partial charge >= 0.3 is 0 Å². The number of unbranched alkanes of at least 4 members (excludes halogenated alkanes) is 2. The lowest BCUT2D eigenvalue weighted by atomic mass is 9.77. The quantitative estimate of drug-likeness (QED) is 0.482. The van der Waals surface area contributed by atoms with E-state index in [1.54, 1.807) is 12.1 Å². The Kier molecular flexibility index (Phi) is 7.94. The summed E-state index contributed by atoms with van der Waals surface area (Å²) in [5, 5.41) is 0. The van der Waals surface area contributed by atoms with Crippen LogP contribution in [0.2, 0.25) is 0 Å². The van der Waals surface area contributed by atoms with Gasteiger partial charge in [-0.3, -0.25) is 0 Å². The smallest absolute Gasteiger partial charge is 0.183 e. The van der Waals surface area contributed by atoms with Gasteiger partial charge in [-0.15, -0.1) is 0 Å². The number of benzene rings is 1. The fourth-order valence-corrected chi connectivity index (χ4v) is 4.49. The first-order valence-corrected chi connectivity index (χ1v) is 10.7. The summed E-state index contributed by atoms with van der Waals surface area (Å²) in [4.78, 5) is 0. The van der Waals surface area contributed by atoms with Gasteiger partial charge in [-0.2, -0.15) is 0 Å². The molecule has 1 aromatic carbocycles. The highest BCUT2D eigenvalue weighted by molar-refractivity contribution is 5.17. The second kappa shape index (κ2) is 10.4. The summed E-state index contributed by atoms with van der Waals surface area (Å²) in [7, 11) is 0. The molecule has 0 atom stereocenters. The summed E-state index contributed by atoms with van der Waals surface area (Å²) >= 11 is 0. The van der Waals surface area contributed by atoms with E-state index < -0.39 is 0 Å². The third kappa shape index (κ3) is 6.06. The molecule has 146 valence electrons. The molecular weight excluding hydrogens is 327 g/mol. The summed E-state index contributed by atoms with van der Waals surface area (Å²) in [5.74, 6) is 2.19. The van der Waals surface area contributed by atoms with Gasteiger partial charge in [0.05, 0.1) is 13.2 Å². The maximum atomic E-state index is 13.0. The van der Waals surface area contributed by atoms with Crippen LogP contribution in [0.1, 0.15) is 83.0 Å². The lowest BCUT2D eigenvalue weighted by Crippen LogP contribution is -2.28. The molecule has 3 rings (SSSR count). The second-order valence-electron chi connectivity index (χ2n) is 8.38. The van der Waals surface area contributed by atoms with E-state index in [-0.39, 0.29) is 12.1 Å². The van der Waals surface area contributed by atoms with Crippen molar-refractivity contribution in [1.82, 2.24) is 0 Å². The Hall–Kier alpha value is -0.930. The van der Waals surface area contributed by atoms with Crippen LogP contribution in [0.25, 0.3) is 0 Å². The van der Waals surface area contributed by atoms with Crippen molar-refractivity contribution in [2.75, 3.05) is 13.2 Å². The third-order valence-corrected chi connectivity index (χ3v) is 6.27. The minimum Gasteiger partial charge on any atom is -0.348 e. The van der Waals surface area contributed by atoms with E-state index in [0.717, 1.165) is 30.6 Å². The molecule has 26 heavy (non-hydrogen) atoms. The van der Waals surface area contributed by atoms with Crippen molar-refractivity contribution >= 4 is 0 Å². The lowest BCUT2D eigenvalue weighted by molar-refractivity contribution is -0.206. The van der Waals surface area contributed by atoms with Crippen LogP contribution >= 0.6 is 0 Å². The number of hydrogen-bond donors (Lipinski definition) is 0. The molecule has 2 aliphatic rings. The maximum Gasteiger partial charge on any atom is 0.183 e. The van der Waals surface area contributed by atoms with Crippen LogP contribution in [-0.4, -0.2) is 13.2 Å². The summed E-state index contributed by atoms with van der Waals surface area (Å²) in [5.41, 5.74) is 0.909. The van der Waals surface area contributed by atoms with Gasteiger partial charge in [0.15, 0.2) is 6.29 Å². The molecule has 2 fully saturated rings. The first-order chi connectivity index (χ1) is 12.7. The average Bonchev–Trinajstić information content (AvgIpc) is 2.69. The number of rotatable bonds is 8. The molecule has 1 saturated heterocycles. The van der Waals surface area contributed by atoms with E-state index in [4.69, 9.17) is 9.47 Å². The molecule has 0 aromatic heterocycles. The summed E-state index contributed by atoms with van der Waals surface area (Å²) < 4.78 is 24.8. The van der Waals surface area contributed by atoms with Crippen molar-refractivity contribution in [2.45, 2.75) is 77.4 Å².